The van der Waals surface area contributed by atoms with Crippen LogP contribution in [-0.2, 0) is 0 Å². The van der Waals surface area contributed by atoms with Crippen molar-refractivity contribution in [1.29, 1.82) is 0 Å². The van der Waals surface area contributed by atoms with E-state index in [1.165, 1.54) is 69.8 Å². The maximum Gasteiger partial charge on any atom is 0.343 e. The highest BCUT2D eigenvalue weighted by atomic mass is 16.5. The molecule has 1 aliphatic rings. The van der Waals surface area contributed by atoms with E-state index in [2.05, 4.69) is 45.1 Å². The van der Waals surface area contributed by atoms with Gasteiger partial charge in [0.15, 0.2) is 0 Å². The highest BCUT2D eigenvalue weighted by Gasteiger charge is 2.22. The molecule has 0 radical (unpaired) electrons. The van der Waals surface area contributed by atoms with Crippen LogP contribution in [0.5, 0.6) is 11.5 Å². The zero-order chi connectivity index (χ0) is 25.6. The van der Waals surface area contributed by atoms with Gasteiger partial charge in [-0.3, -0.25) is 0 Å². The van der Waals surface area contributed by atoms with E-state index in [4.69, 9.17) is 9.47 Å². The van der Waals surface area contributed by atoms with Crippen molar-refractivity contribution >= 4 is 5.97 Å². The first-order valence-electron chi connectivity index (χ1n) is 14.2. The summed E-state index contributed by atoms with van der Waals surface area (Å²) < 4.78 is 11.5. The second kappa shape index (κ2) is 15.5. The normalized spacial score (nSPS) is 18.8. The third-order valence-electron chi connectivity index (χ3n) is 7.78. The van der Waals surface area contributed by atoms with Crippen LogP contribution in [0.1, 0.15) is 113 Å². The molecule has 3 nitrogen and oxygen atoms in total. The number of carbonyl (C=O) groups is 1. The molecule has 0 aliphatic heterocycles. The monoisotopic (exact) mass is 490 g/mol. The minimum absolute atomic E-state index is 0.332. The predicted octanol–water partition coefficient (Wildman–Crippen LogP) is 9.52. The van der Waals surface area contributed by atoms with Gasteiger partial charge in [-0.2, -0.15) is 0 Å². The second-order valence-corrected chi connectivity index (χ2v) is 10.6. The third-order valence-corrected chi connectivity index (χ3v) is 7.78. The van der Waals surface area contributed by atoms with Crippen LogP contribution >= 0.6 is 0 Å². The number of hydrogen-bond donors (Lipinski definition) is 0. The molecule has 2 aromatic rings. The number of allylic oxidation sites excluding steroid dienone is 2. The lowest BCUT2D eigenvalue weighted by Gasteiger charge is -2.28. The molecule has 1 atom stereocenters. The van der Waals surface area contributed by atoms with Crippen molar-refractivity contribution in [2.75, 3.05) is 6.61 Å². The number of benzene rings is 2. The van der Waals surface area contributed by atoms with E-state index in [0.717, 1.165) is 24.0 Å². The maximum atomic E-state index is 12.6. The minimum Gasteiger partial charge on any atom is -0.494 e. The number of unbranched alkanes of at least 4 members (excludes halogenated alkanes) is 2. The van der Waals surface area contributed by atoms with Crippen LogP contribution in [-0.4, -0.2) is 12.6 Å². The lowest BCUT2D eigenvalue weighted by molar-refractivity contribution is 0.0734. The standard InChI is InChI=1S/C33H46O3/c1-4-6-8-12-27-13-15-28(16-14-27)29-17-23-32(24-18-29)36-33(34)30-19-21-31(22-20-30)35-25-10-7-9-11-26(3)5-2/h4,6,17-24,26-28H,5,7-16,25H2,1-3H3/b6-4+/t26-,27-,28-/m0/s1. The Balaban J connectivity index is 1.38. The van der Waals surface area contributed by atoms with Crippen LogP contribution in [0.3, 0.4) is 0 Å². The average Bonchev–Trinajstić information content (AvgIpc) is 2.92. The van der Waals surface area contributed by atoms with E-state index in [1.807, 2.05) is 24.3 Å². The molecule has 3 rings (SSSR count). The molecule has 1 saturated carbocycles. The fourth-order valence-electron chi connectivity index (χ4n) is 5.11. The molecule has 2 aromatic carbocycles. The van der Waals surface area contributed by atoms with E-state index in [9.17, 15) is 4.79 Å². The molecule has 1 fully saturated rings. The van der Waals surface area contributed by atoms with Crippen molar-refractivity contribution in [3.05, 3.63) is 71.8 Å². The fourth-order valence-corrected chi connectivity index (χ4v) is 5.11. The third kappa shape index (κ3) is 9.48. The summed E-state index contributed by atoms with van der Waals surface area (Å²) in [5.74, 6) is 3.38. The van der Waals surface area contributed by atoms with E-state index in [-0.39, 0.29) is 5.97 Å². The van der Waals surface area contributed by atoms with Gasteiger partial charge in [-0.25, -0.2) is 4.79 Å². The second-order valence-electron chi connectivity index (χ2n) is 10.6. The molecule has 196 valence electrons. The van der Waals surface area contributed by atoms with Crippen LogP contribution in [0.15, 0.2) is 60.7 Å². The van der Waals surface area contributed by atoms with Crippen LogP contribution in [0.2, 0.25) is 0 Å². The number of ether oxygens (including phenoxy) is 2. The molecule has 0 bridgehead atoms. The van der Waals surface area contributed by atoms with Crippen LogP contribution in [0, 0.1) is 11.8 Å². The van der Waals surface area contributed by atoms with E-state index < -0.39 is 0 Å². The van der Waals surface area contributed by atoms with Crippen molar-refractivity contribution in [1.82, 2.24) is 0 Å². The van der Waals surface area contributed by atoms with E-state index >= 15 is 0 Å². The van der Waals surface area contributed by atoms with Crippen molar-refractivity contribution < 1.29 is 14.3 Å². The van der Waals surface area contributed by atoms with Gasteiger partial charge in [-0.1, -0.05) is 63.8 Å². The van der Waals surface area contributed by atoms with E-state index in [1.54, 1.807) is 12.1 Å². The molecular weight excluding hydrogens is 444 g/mol. The summed E-state index contributed by atoms with van der Waals surface area (Å²) in [6, 6.07) is 15.4. The molecular formula is C33H46O3. The fraction of sp³-hybridized carbons (Fsp3) is 0.545. The number of rotatable bonds is 14. The molecule has 0 amide bonds. The Morgan fingerprint density at radius 3 is 2.31 bits per heavy atom. The number of carbonyl (C=O) groups excluding carboxylic acids is 1. The van der Waals surface area contributed by atoms with Crippen LogP contribution in [0.25, 0.3) is 0 Å². The van der Waals surface area contributed by atoms with Crippen molar-refractivity contribution in [2.45, 2.75) is 97.3 Å². The van der Waals surface area contributed by atoms with Crippen molar-refractivity contribution in [3.63, 3.8) is 0 Å². The first kappa shape index (κ1) is 28.0. The van der Waals surface area contributed by atoms with Crippen molar-refractivity contribution in [3.8, 4) is 11.5 Å². The van der Waals surface area contributed by atoms with Gasteiger partial charge in [0, 0.05) is 0 Å². The van der Waals surface area contributed by atoms with Gasteiger partial charge in [-0.15, -0.1) is 0 Å². The highest BCUT2D eigenvalue weighted by molar-refractivity contribution is 5.91. The summed E-state index contributed by atoms with van der Waals surface area (Å²) in [5.41, 5.74) is 1.90. The van der Waals surface area contributed by atoms with Gasteiger partial charge in [0.25, 0.3) is 0 Å². The average molecular weight is 491 g/mol. The molecule has 0 N–H and O–H groups in total. The van der Waals surface area contributed by atoms with Gasteiger partial charge in [-0.05, 0) is 112 Å². The smallest absolute Gasteiger partial charge is 0.343 e. The Bertz CT molecular complexity index is 905. The lowest BCUT2D eigenvalue weighted by Crippen LogP contribution is -2.13. The first-order chi connectivity index (χ1) is 17.6. The minimum atomic E-state index is -0.332. The molecule has 0 spiro atoms. The first-order valence-corrected chi connectivity index (χ1v) is 14.2. The molecule has 36 heavy (non-hydrogen) atoms. The largest absolute Gasteiger partial charge is 0.494 e. The van der Waals surface area contributed by atoms with Gasteiger partial charge < -0.3 is 9.47 Å². The Hall–Kier alpha value is -2.55. The van der Waals surface area contributed by atoms with Gasteiger partial charge in [0.05, 0.1) is 12.2 Å². The Kier molecular flexibility index (Phi) is 12.1. The zero-order valence-electron chi connectivity index (χ0n) is 22.7. The molecule has 0 aromatic heterocycles. The summed E-state index contributed by atoms with van der Waals surface area (Å²) in [7, 11) is 0. The van der Waals surface area contributed by atoms with Gasteiger partial charge >= 0.3 is 5.97 Å². The molecule has 1 aliphatic carbocycles. The summed E-state index contributed by atoms with van der Waals surface area (Å²) in [6.07, 6.45) is 18.2. The lowest BCUT2D eigenvalue weighted by atomic mass is 9.77. The number of esters is 1. The van der Waals surface area contributed by atoms with Crippen molar-refractivity contribution in [2.24, 2.45) is 11.8 Å². The zero-order valence-corrected chi connectivity index (χ0v) is 22.7. The Morgan fingerprint density at radius 1 is 0.944 bits per heavy atom. The summed E-state index contributed by atoms with van der Waals surface area (Å²) >= 11 is 0. The predicted molar refractivity (Wildman–Crippen MR) is 150 cm³/mol. The highest BCUT2D eigenvalue weighted by Crippen LogP contribution is 2.38. The molecule has 0 saturated heterocycles. The summed E-state index contributed by atoms with van der Waals surface area (Å²) in [6.45, 7) is 7.39. The molecule has 0 heterocycles. The SMILES string of the molecule is C/C=C/CC[C@H]1CC[C@H](c2ccc(OC(=O)c3ccc(OCCCCC[C@@H](C)CC)cc3)cc2)CC1. The molecule has 0 unspecified atom stereocenters. The van der Waals surface area contributed by atoms with Crippen LogP contribution in [0.4, 0.5) is 0 Å². The van der Waals surface area contributed by atoms with Gasteiger partial charge in [0.2, 0.25) is 0 Å². The summed E-state index contributed by atoms with van der Waals surface area (Å²) in [4.78, 5) is 12.6. The Labute approximate surface area is 219 Å². The number of hydrogen-bond acceptors (Lipinski definition) is 3. The van der Waals surface area contributed by atoms with Gasteiger partial charge in [0.1, 0.15) is 11.5 Å². The van der Waals surface area contributed by atoms with Crippen LogP contribution < -0.4 is 9.47 Å². The quantitative estimate of drug-likeness (QED) is 0.114. The Morgan fingerprint density at radius 2 is 1.64 bits per heavy atom. The maximum absolute atomic E-state index is 12.6. The topological polar surface area (TPSA) is 35.5 Å². The van der Waals surface area contributed by atoms with E-state index in [0.29, 0.717) is 23.8 Å². The molecule has 3 heteroatoms. The summed E-state index contributed by atoms with van der Waals surface area (Å²) in [5, 5.41) is 0.